The third-order valence-electron chi connectivity index (χ3n) is 6.68. The zero-order valence-electron chi connectivity index (χ0n) is 20.6. The summed E-state index contributed by atoms with van der Waals surface area (Å²) in [5, 5.41) is 0. The maximum atomic E-state index is 13.4. The van der Waals surface area contributed by atoms with Gasteiger partial charge in [-0.2, -0.15) is 0 Å². The molecule has 0 radical (unpaired) electrons. The van der Waals surface area contributed by atoms with Crippen molar-refractivity contribution in [3.8, 4) is 34.1 Å². The Kier molecular flexibility index (Phi) is 7.03. The second kappa shape index (κ2) is 10.7. The molecule has 0 spiro atoms. The number of amides is 1. The molecule has 1 saturated heterocycles. The monoisotopic (exact) mass is 482 g/mol. The van der Waals surface area contributed by atoms with E-state index < -0.39 is 0 Å². The summed E-state index contributed by atoms with van der Waals surface area (Å²) in [6.07, 6.45) is 2.60. The van der Waals surface area contributed by atoms with Gasteiger partial charge in [-0.25, -0.2) is 4.98 Å². The molecule has 1 atom stereocenters. The van der Waals surface area contributed by atoms with Gasteiger partial charge in [0, 0.05) is 36.1 Å². The van der Waals surface area contributed by atoms with Crippen LogP contribution in [0.3, 0.4) is 0 Å². The number of nitrogens with zero attached hydrogens (tertiary/aromatic N) is 2. The largest absolute Gasteiger partial charge is 0.497 e. The zero-order valence-corrected chi connectivity index (χ0v) is 20.6. The molecule has 184 valence electrons. The molecule has 0 aliphatic carbocycles. The molecule has 0 saturated carbocycles. The Morgan fingerprint density at radius 3 is 2.39 bits per heavy atom. The van der Waals surface area contributed by atoms with Crippen molar-refractivity contribution in [3.05, 3.63) is 90.3 Å². The van der Waals surface area contributed by atoms with Gasteiger partial charge in [0.1, 0.15) is 17.2 Å². The molecule has 1 aromatic heterocycles. The highest BCUT2D eigenvalue weighted by atomic mass is 16.5. The first kappa shape index (κ1) is 23.7. The topological polar surface area (TPSA) is 64.8 Å². The molecule has 3 aromatic carbocycles. The van der Waals surface area contributed by atoms with E-state index >= 15 is 0 Å². The van der Waals surface area contributed by atoms with Crippen LogP contribution in [0.15, 0.2) is 83.3 Å². The third-order valence-corrected chi connectivity index (χ3v) is 6.68. The van der Waals surface area contributed by atoms with Crippen molar-refractivity contribution in [2.24, 2.45) is 0 Å². The van der Waals surface area contributed by atoms with Gasteiger partial charge in [0.25, 0.3) is 0 Å². The van der Waals surface area contributed by atoms with Gasteiger partial charge in [-0.3, -0.25) is 4.79 Å². The van der Waals surface area contributed by atoms with Gasteiger partial charge < -0.3 is 18.8 Å². The number of aryl methyl sites for hydroxylation is 1. The first-order chi connectivity index (χ1) is 17.7. The molecule has 2 heterocycles. The van der Waals surface area contributed by atoms with E-state index in [9.17, 15) is 4.79 Å². The number of rotatable bonds is 8. The van der Waals surface area contributed by atoms with E-state index in [1.807, 2.05) is 83.8 Å². The van der Waals surface area contributed by atoms with E-state index in [0.29, 0.717) is 18.7 Å². The van der Waals surface area contributed by atoms with Crippen LogP contribution in [0.2, 0.25) is 0 Å². The van der Waals surface area contributed by atoms with Crippen molar-refractivity contribution in [2.45, 2.75) is 31.7 Å². The van der Waals surface area contributed by atoms with Crippen molar-refractivity contribution < 1.29 is 18.7 Å². The van der Waals surface area contributed by atoms with Gasteiger partial charge >= 0.3 is 0 Å². The summed E-state index contributed by atoms with van der Waals surface area (Å²) in [6, 6.07) is 25.7. The molecule has 5 rings (SSSR count). The second-order valence-corrected chi connectivity index (χ2v) is 8.87. The lowest BCUT2D eigenvalue weighted by Crippen LogP contribution is -2.31. The van der Waals surface area contributed by atoms with Crippen LogP contribution in [0, 0.1) is 0 Å². The molecule has 0 bridgehead atoms. The number of likely N-dealkylation sites (tertiary alicyclic amines) is 1. The number of carbonyl (C=O) groups is 1. The van der Waals surface area contributed by atoms with E-state index in [1.165, 1.54) is 0 Å². The minimum atomic E-state index is -0.0353. The van der Waals surface area contributed by atoms with Gasteiger partial charge in [0.15, 0.2) is 11.7 Å². The Morgan fingerprint density at radius 1 is 0.972 bits per heavy atom. The SMILES string of the molecule is COc1ccc(OC)c(C2CCCN2C(=O)CCc2nc(-c3ccccc3)c(-c3ccccc3)o2)c1. The average Bonchev–Trinajstić information content (AvgIpc) is 3.60. The predicted molar refractivity (Wildman–Crippen MR) is 139 cm³/mol. The highest BCUT2D eigenvalue weighted by Crippen LogP contribution is 2.39. The average molecular weight is 483 g/mol. The third kappa shape index (κ3) is 4.85. The molecule has 6 nitrogen and oxygen atoms in total. The van der Waals surface area contributed by atoms with Crippen molar-refractivity contribution in [3.63, 3.8) is 0 Å². The van der Waals surface area contributed by atoms with E-state index in [0.717, 1.165) is 59.0 Å². The molecule has 1 amide bonds. The fourth-order valence-corrected chi connectivity index (χ4v) is 4.89. The first-order valence-corrected chi connectivity index (χ1v) is 12.3. The van der Waals surface area contributed by atoms with E-state index in [-0.39, 0.29) is 11.9 Å². The first-order valence-electron chi connectivity index (χ1n) is 12.3. The summed E-state index contributed by atoms with van der Waals surface area (Å²) in [4.78, 5) is 20.1. The summed E-state index contributed by atoms with van der Waals surface area (Å²) in [5.41, 5.74) is 3.73. The number of carbonyl (C=O) groups excluding carboxylic acids is 1. The molecular weight excluding hydrogens is 452 g/mol. The molecule has 0 N–H and O–H groups in total. The van der Waals surface area contributed by atoms with Crippen LogP contribution in [-0.4, -0.2) is 36.6 Å². The predicted octanol–water partition coefficient (Wildman–Crippen LogP) is 6.32. The van der Waals surface area contributed by atoms with Crippen molar-refractivity contribution in [1.29, 1.82) is 0 Å². The Bertz CT molecular complexity index is 1260. The van der Waals surface area contributed by atoms with Gasteiger partial charge in [-0.05, 0) is 31.0 Å². The molecule has 36 heavy (non-hydrogen) atoms. The summed E-state index contributed by atoms with van der Waals surface area (Å²) in [7, 11) is 3.30. The van der Waals surface area contributed by atoms with E-state index in [2.05, 4.69) is 0 Å². The number of ether oxygens (including phenoxy) is 2. The summed E-state index contributed by atoms with van der Waals surface area (Å²) >= 11 is 0. The van der Waals surface area contributed by atoms with Crippen LogP contribution in [0.1, 0.15) is 36.8 Å². The molecule has 4 aromatic rings. The van der Waals surface area contributed by atoms with Crippen molar-refractivity contribution >= 4 is 5.91 Å². The molecule has 1 aliphatic heterocycles. The Morgan fingerprint density at radius 2 is 1.69 bits per heavy atom. The number of benzene rings is 3. The lowest BCUT2D eigenvalue weighted by Gasteiger charge is -2.26. The Hall–Kier alpha value is -4.06. The zero-order chi connectivity index (χ0) is 24.9. The number of hydrogen-bond donors (Lipinski definition) is 0. The van der Waals surface area contributed by atoms with Crippen molar-refractivity contribution in [1.82, 2.24) is 9.88 Å². The van der Waals surface area contributed by atoms with Gasteiger partial charge in [-0.1, -0.05) is 60.7 Å². The highest BCUT2D eigenvalue weighted by molar-refractivity contribution is 5.78. The quantitative estimate of drug-likeness (QED) is 0.294. The van der Waals surface area contributed by atoms with Crippen LogP contribution in [0.5, 0.6) is 11.5 Å². The van der Waals surface area contributed by atoms with Crippen LogP contribution >= 0.6 is 0 Å². The maximum absolute atomic E-state index is 13.4. The highest BCUT2D eigenvalue weighted by Gasteiger charge is 2.32. The smallest absolute Gasteiger partial charge is 0.223 e. The van der Waals surface area contributed by atoms with Crippen LogP contribution in [0.4, 0.5) is 0 Å². The lowest BCUT2D eigenvalue weighted by molar-refractivity contribution is -0.132. The van der Waals surface area contributed by atoms with E-state index in [4.69, 9.17) is 18.9 Å². The number of oxazole rings is 1. The summed E-state index contributed by atoms with van der Waals surface area (Å²) in [5.74, 6) is 2.91. The van der Waals surface area contributed by atoms with Gasteiger partial charge in [0.2, 0.25) is 5.91 Å². The maximum Gasteiger partial charge on any atom is 0.223 e. The molecular formula is C30H30N2O4. The fourth-order valence-electron chi connectivity index (χ4n) is 4.89. The minimum Gasteiger partial charge on any atom is -0.497 e. The molecule has 1 fully saturated rings. The number of aromatic nitrogens is 1. The van der Waals surface area contributed by atoms with Gasteiger partial charge in [-0.15, -0.1) is 0 Å². The normalized spacial score (nSPS) is 15.2. The van der Waals surface area contributed by atoms with Gasteiger partial charge in [0.05, 0.1) is 20.3 Å². The lowest BCUT2D eigenvalue weighted by atomic mass is 10.0. The fraction of sp³-hybridized carbons (Fsp3) is 0.267. The Labute approximate surface area is 211 Å². The number of methoxy groups -OCH3 is 2. The van der Waals surface area contributed by atoms with E-state index in [1.54, 1.807) is 14.2 Å². The molecule has 6 heteroatoms. The van der Waals surface area contributed by atoms with Crippen LogP contribution in [-0.2, 0) is 11.2 Å². The second-order valence-electron chi connectivity index (χ2n) is 8.87. The number of hydrogen-bond acceptors (Lipinski definition) is 5. The summed E-state index contributed by atoms with van der Waals surface area (Å²) in [6.45, 7) is 0.722. The molecule has 1 aliphatic rings. The summed E-state index contributed by atoms with van der Waals surface area (Å²) < 4.78 is 17.2. The minimum absolute atomic E-state index is 0.0353. The van der Waals surface area contributed by atoms with Crippen LogP contribution < -0.4 is 9.47 Å². The van der Waals surface area contributed by atoms with Crippen LogP contribution in [0.25, 0.3) is 22.6 Å². The Balaban J connectivity index is 1.36. The molecule has 1 unspecified atom stereocenters. The standard InChI is InChI=1S/C30H30N2O4/c1-34-23-15-16-26(35-2)24(20-23)25-14-9-19-32(25)28(33)18-17-27-31-29(21-10-5-3-6-11-21)30(36-27)22-12-7-4-8-13-22/h3-8,10-13,15-16,20,25H,9,14,17-19H2,1-2H3. The van der Waals surface area contributed by atoms with Crippen molar-refractivity contribution in [2.75, 3.05) is 20.8 Å².